The summed E-state index contributed by atoms with van der Waals surface area (Å²) in [6, 6.07) is -0.775. The van der Waals surface area contributed by atoms with Gasteiger partial charge in [-0.2, -0.15) is 0 Å². The van der Waals surface area contributed by atoms with Gasteiger partial charge in [0, 0.05) is 18.7 Å². The first-order valence-electron chi connectivity index (χ1n) is 5.48. The predicted molar refractivity (Wildman–Crippen MR) is 65.0 cm³/mol. The molecule has 1 heterocycles. The minimum Gasteiger partial charge on any atom is -0.368 e. The Morgan fingerprint density at radius 2 is 2.24 bits per heavy atom. The highest BCUT2D eigenvalue weighted by molar-refractivity contribution is 8.00. The molecule has 3 amide bonds. The van der Waals surface area contributed by atoms with Crippen molar-refractivity contribution in [1.82, 2.24) is 4.90 Å². The number of hydrogen-bond acceptors (Lipinski definition) is 5. The summed E-state index contributed by atoms with van der Waals surface area (Å²) in [5.41, 5.74) is 10.5. The van der Waals surface area contributed by atoms with Gasteiger partial charge < -0.3 is 11.5 Å². The van der Waals surface area contributed by atoms with Gasteiger partial charge in [-0.25, -0.2) is 0 Å². The van der Waals surface area contributed by atoms with E-state index in [1.54, 1.807) is 0 Å². The monoisotopic (exact) mass is 259 g/mol. The van der Waals surface area contributed by atoms with Gasteiger partial charge in [-0.1, -0.05) is 6.92 Å². The molecule has 1 saturated heterocycles. The van der Waals surface area contributed by atoms with E-state index in [0.29, 0.717) is 6.54 Å². The molecule has 1 aliphatic rings. The first kappa shape index (κ1) is 14.0. The smallest absolute Gasteiger partial charge is 0.242 e. The van der Waals surface area contributed by atoms with Crippen LogP contribution in [0.3, 0.4) is 0 Å². The number of rotatable bonds is 6. The van der Waals surface area contributed by atoms with Gasteiger partial charge >= 0.3 is 0 Å². The van der Waals surface area contributed by atoms with Gasteiger partial charge in [0.1, 0.15) is 0 Å². The number of carbonyl (C=O) groups excluding carboxylic acids is 3. The molecule has 0 radical (unpaired) electrons. The lowest BCUT2D eigenvalue weighted by Crippen LogP contribution is -2.39. The average molecular weight is 259 g/mol. The highest BCUT2D eigenvalue weighted by Gasteiger charge is 2.38. The number of imide groups is 1. The Balaban J connectivity index is 2.49. The van der Waals surface area contributed by atoms with Crippen molar-refractivity contribution in [2.24, 2.45) is 11.5 Å². The Hall–Kier alpha value is -1.08. The van der Waals surface area contributed by atoms with E-state index < -0.39 is 17.2 Å². The van der Waals surface area contributed by atoms with Gasteiger partial charge in [0.05, 0.1) is 11.3 Å². The third-order valence-corrected chi connectivity index (χ3v) is 3.81. The highest BCUT2D eigenvalue weighted by atomic mass is 32.2. The Morgan fingerprint density at radius 3 is 2.76 bits per heavy atom. The minimum absolute atomic E-state index is 0.151. The molecular weight excluding hydrogens is 242 g/mol. The molecule has 1 aliphatic heterocycles. The number of amides is 3. The molecule has 0 bridgehead atoms. The molecule has 17 heavy (non-hydrogen) atoms. The maximum Gasteiger partial charge on any atom is 0.242 e. The summed E-state index contributed by atoms with van der Waals surface area (Å²) in [6.45, 7) is 2.36. The molecule has 0 saturated carbocycles. The molecule has 6 nitrogen and oxygen atoms in total. The topological polar surface area (TPSA) is 106 Å². The molecule has 0 aromatic heterocycles. The molecule has 0 aliphatic carbocycles. The Morgan fingerprint density at radius 1 is 1.59 bits per heavy atom. The van der Waals surface area contributed by atoms with Crippen molar-refractivity contribution in [3.63, 3.8) is 0 Å². The largest absolute Gasteiger partial charge is 0.368 e. The lowest BCUT2D eigenvalue weighted by Gasteiger charge is -2.14. The summed E-state index contributed by atoms with van der Waals surface area (Å²) < 4.78 is 0. The van der Waals surface area contributed by atoms with Gasteiger partial charge in [0.25, 0.3) is 0 Å². The number of nitrogens with two attached hydrogens (primary N) is 2. The number of hydrogen-bond donors (Lipinski definition) is 2. The standard InChI is InChI=1S/C10H17N3O3S/c1-2-3-13-8(14)4-7(10(13)16)17-5-6(11)9(12)15/h6-7H,2-5,11H2,1H3,(H2,12,15)/t6-,7?/m0/s1. The molecule has 1 unspecified atom stereocenters. The van der Waals surface area contributed by atoms with Gasteiger partial charge in [-0.3, -0.25) is 19.3 Å². The van der Waals surface area contributed by atoms with Crippen LogP contribution >= 0.6 is 11.8 Å². The molecule has 7 heteroatoms. The van der Waals surface area contributed by atoms with E-state index in [2.05, 4.69) is 0 Å². The van der Waals surface area contributed by atoms with Crippen molar-refractivity contribution in [2.75, 3.05) is 12.3 Å². The second kappa shape index (κ2) is 6.02. The lowest BCUT2D eigenvalue weighted by atomic mass is 10.3. The summed E-state index contributed by atoms with van der Waals surface area (Å²) >= 11 is 1.22. The van der Waals surface area contributed by atoms with Crippen molar-refractivity contribution in [1.29, 1.82) is 0 Å². The Labute approximate surface area is 104 Å². The van der Waals surface area contributed by atoms with E-state index >= 15 is 0 Å². The summed E-state index contributed by atoms with van der Waals surface area (Å²) in [4.78, 5) is 35.4. The van der Waals surface area contributed by atoms with Crippen LogP contribution in [0.4, 0.5) is 0 Å². The summed E-state index contributed by atoms with van der Waals surface area (Å²) in [6.07, 6.45) is 0.935. The van der Waals surface area contributed by atoms with E-state index in [1.165, 1.54) is 16.7 Å². The van der Waals surface area contributed by atoms with E-state index in [9.17, 15) is 14.4 Å². The van der Waals surface area contributed by atoms with Crippen LogP contribution in [0.1, 0.15) is 19.8 Å². The predicted octanol–water partition coefficient (Wildman–Crippen LogP) is -0.930. The lowest BCUT2D eigenvalue weighted by molar-refractivity contribution is -0.138. The van der Waals surface area contributed by atoms with Crippen molar-refractivity contribution < 1.29 is 14.4 Å². The minimum atomic E-state index is -0.775. The van der Waals surface area contributed by atoms with Crippen LogP contribution < -0.4 is 11.5 Å². The van der Waals surface area contributed by atoms with Crippen LogP contribution in [-0.4, -0.2) is 46.2 Å². The zero-order valence-corrected chi connectivity index (χ0v) is 10.5. The fourth-order valence-corrected chi connectivity index (χ4v) is 2.68. The third-order valence-electron chi connectivity index (χ3n) is 2.49. The number of carbonyl (C=O) groups is 3. The van der Waals surface area contributed by atoms with E-state index in [4.69, 9.17) is 11.5 Å². The molecule has 0 spiro atoms. The first-order valence-corrected chi connectivity index (χ1v) is 6.53. The zero-order valence-electron chi connectivity index (χ0n) is 9.72. The number of nitrogens with zero attached hydrogens (tertiary/aromatic N) is 1. The van der Waals surface area contributed by atoms with Gasteiger partial charge in [-0.05, 0) is 6.42 Å². The molecular formula is C10H17N3O3S. The van der Waals surface area contributed by atoms with Crippen LogP contribution in [0, 0.1) is 0 Å². The maximum atomic E-state index is 11.8. The normalized spacial score (nSPS) is 22.0. The molecule has 0 aromatic carbocycles. The quantitative estimate of drug-likeness (QED) is 0.599. The molecule has 96 valence electrons. The second-order valence-corrected chi connectivity index (χ2v) is 5.15. The van der Waals surface area contributed by atoms with Crippen LogP contribution in [0.5, 0.6) is 0 Å². The first-order chi connectivity index (χ1) is 7.97. The van der Waals surface area contributed by atoms with Gasteiger partial charge in [-0.15, -0.1) is 11.8 Å². The maximum absolute atomic E-state index is 11.8. The molecule has 2 atom stereocenters. The van der Waals surface area contributed by atoms with E-state index in [0.717, 1.165) is 6.42 Å². The van der Waals surface area contributed by atoms with Crippen molar-refractivity contribution in [3.05, 3.63) is 0 Å². The highest BCUT2D eigenvalue weighted by Crippen LogP contribution is 2.25. The fourth-order valence-electron chi connectivity index (χ4n) is 1.54. The number of likely N-dealkylation sites (tertiary alicyclic amines) is 1. The Bertz CT molecular complexity index is 335. The van der Waals surface area contributed by atoms with Crippen molar-refractivity contribution in [2.45, 2.75) is 31.1 Å². The summed E-state index contributed by atoms with van der Waals surface area (Å²) in [7, 11) is 0. The number of primary amides is 1. The fraction of sp³-hybridized carbons (Fsp3) is 0.700. The van der Waals surface area contributed by atoms with Gasteiger partial charge in [0.15, 0.2) is 0 Å². The van der Waals surface area contributed by atoms with Crippen molar-refractivity contribution >= 4 is 29.5 Å². The van der Waals surface area contributed by atoms with E-state index in [1.807, 2.05) is 6.92 Å². The summed E-state index contributed by atoms with van der Waals surface area (Å²) in [5, 5.41) is -0.417. The van der Waals surface area contributed by atoms with Crippen molar-refractivity contribution in [3.8, 4) is 0 Å². The molecule has 0 aromatic rings. The van der Waals surface area contributed by atoms with E-state index in [-0.39, 0.29) is 24.0 Å². The zero-order chi connectivity index (χ0) is 13.0. The number of thioether (sulfide) groups is 1. The molecule has 1 fully saturated rings. The van der Waals surface area contributed by atoms with Crippen LogP contribution in [-0.2, 0) is 14.4 Å². The van der Waals surface area contributed by atoms with Crippen LogP contribution in [0.2, 0.25) is 0 Å². The third kappa shape index (κ3) is 3.44. The second-order valence-electron chi connectivity index (χ2n) is 3.92. The molecule has 4 N–H and O–H groups in total. The van der Waals surface area contributed by atoms with Crippen LogP contribution in [0.25, 0.3) is 0 Å². The van der Waals surface area contributed by atoms with Crippen LogP contribution in [0.15, 0.2) is 0 Å². The average Bonchev–Trinajstić information content (AvgIpc) is 2.53. The van der Waals surface area contributed by atoms with Gasteiger partial charge in [0.2, 0.25) is 17.7 Å². The SMILES string of the molecule is CCCN1C(=O)CC(SC[C@H](N)C(N)=O)C1=O. The molecule has 1 rings (SSSR count). The Kier molecular flexibility index (Phi) is 4.95. The summed E-state index contributed by atoms with van der Waals surface area (Å²) in [5.74, 6) is -0.667.